The number of hydrogen-bond donors (Lipinski definition) is 1. The summed E-state index contributed by atoms with van der Waals surface area (Å²) in [6, 6.07) is 4.74. The molecule has 1 atom stereocenters. The summed E-state index contributed by atoms with van der Waals surface area (Å²) in [5.74, 6) is 1.66. The molecule has 1 heterocycles. The highest BCUT2D eigenvalue weighted by molar-refractivity contribution is 9.10. The Kier molecular flexibility index (Phi) is 7.66. The predicted octanol–water partition coefficient (Wildman–Crippen LogP) is 3.82. The van der Waals surface area contributed by atoms with E-state index in [0.29, 0.717) is 12.6 Å². The number of likely N-dealkylation sites (N-methyl/N-ethyl adjacent to an activating group) is 1. The van der Waals surface area contributed by atoms with E-state index in [1.54, 1.807) is 7.11 Å². The minimum atomic E-state index is 0.661. The first-order valence-electron chi connectivity index (χ1n) is 8.63. The van der Waals surface area contributed by atoms with Gasteiger partial charge in [0.25, 0.3) is 0 Å². The second kappa shape index (κ2) is 9.50. The summed E-state index contributed by atoms with van der Waals surface area (Å²) in [6.45, 7) is 9.26. The Morgan fingerprint density at radius 2 is 2.17 bits per heavy atom. The number of nitrogens with zero attached hydrogens (tertiary/aromatic N) is 1. The molecule has 1 saturated heterocycles. The van der Waals surface area contributed by atoms with Gasteiger partial charge < -0.3 is 14.8 Å². The number of ether oxygens (including phenoxy) is 2. The zero-order valence-electron chi connectivity index (χ0n) is 14.5. The molecule has 0 bridgehead atoms. The summed E-state index contributed by atoms with van der Waals surface area (Å²) in [6.07, 6.45) is 3.59. The molecule has 1 unspecified atom stereocenters. The van der Waals surface area contributed by atoms with Crippen molar-refractivity contribution in [3.63, 3.8) is 0 Å². The molecule has 0 saturated carbocycles. The molecule has 4 nitrogen and oxygen atoms in total. The van der Waals surface area contributed by atoms with Gasteiger partial charge in [-0.05, 0) is 44.5 Å². The summed E-state index contributed by atoms with van der Waals surface area (Å²) in [4.78, 5) is 2.56. The van der Waals surface area contributed by atoms with Crippen molar-refractivity contribution >= 4 is 15.9 Å². The second-order valence-electron chi connectivity index (χ2n) is 6.00. The number of nitrogens with one attached hydrogen (secondary N) is 1. The average Bonchev–Trinajstić information content (AvgIpc) is 3.01. The molecule has 5 heteroatoms. The van der Waals surface area contributed by atoms with Crippen LogP contribution in [0.4, 0.5) is 0 Å². The molecular formula is C18H29BrN2O2. The molecule has 1 fully saturated rings. The first kappa shape index (κ1) is 18.6. The Morgan fingerprint density at radius 3 is 2.87 bits per heavy atom. The van der Waals surface area contributed by atoms with Crippen molar-refractivity contribution in [1.82, 2.24) is 10.2 Å². The van der Waals surface area contributed by atoms with Gasteiger partial charge in [0, 0.05) is 29.2 Å². The fraction of sp³-hybridized carbons (Fsp3) is 0.667. The molecule has 1 aromatic rings. The van der Waals surface area contributed by atoms with Gasteiger partial charge >= 0.3 is 0 Å². The van der Waals surface area contributed by atoms with Crippen LogP contribution in [-0.2, 0) is 6.54 Å². The Bertz CT molecular complexity index is 496. The summed E-state index contributed by atoms with van der Waals surface area (Å²) in [5, 5.41) is 3.61. The van der Waals surface area contributed by atoms with Crippen LogP contribution < -0.4 is 14.8 Å². The zero-order chi connectivity index (χ0) is 16.7. The van der Waals surface area contributed by atoms with Crippen LogP contribution in [0.25, 0.3) is 0 Å². The van der Waals surface area contributed by atoms with Crippen molar-refractivity contribution in [2.45, 2.75) is 45.7 Å². The lowest BCUT2D eigenvalue weighted by Crippen LogP contribution is -2.37. The van der Waals surface area contributed by atoms with Gasteiger partial charge in [-0.2, -0.15) is 0 Å². The van der Waals surface area contributed by atoms with Crippen LogP contribution in [0.5, 0.6) is 11.5 Å². The van der Waals surface area contributed by atoms with E-state index in [1.165, 1.54) is 19.4 Å². The first-order chi connectivity index (χ1) is 11.2. The van der Waals surface area contributed by atoms with Crippen molar-refractivity contribution in [3.8, 4) is 11.5 Å². The van der Waals surface area contributed by atoms with Gasteiger partial charge in [0.1, 0.15) is 0 Å². The molecule has 0 aliphatic carbocycles. The lowest BCUT2D eigenvalue weighted by atomic mass is 10.1. The van der Waals surface area contributed by atoms with Gasteiger partial charge in [-0.25, -0.2) is 0 Å². The average molecular weight is 385 g/mol. The number of hydrogen-bond acceptors (Lipinski definition) is 4. The van der Waals surface area contributed by atoms with E-state index in [2.05, 4.69) is 46.1 Å². The van der Waals surface area contributed by atoms with Crippen LogP contribution in [0.15, 0.2) is 16.6 Å². The van der Waals surface area contributed by atoms with Crippen molar-refractivity contribution in [2.75, 3.05) is 33.4 Å². The van der Waals surface area contributed by atoms with Crippen molar-refractivity contribution < 1.29 is 9.47 Å². The van der Waals surface area contributed by atoms with E-state index in [0.717, 1.165) is 47.6 Å². The summed E-state index contributed by atoms with van der Waals surface area (Å²) >= 11 is 3.56. The number of rotatable bonds is 9. The fourth-order valence-electron chi connectivity index (χ4n) is 3.19. The summed E-state index contributed by atoms with van der Waals surface area (Å²) in [7, 11) is 1.69. The summed E-state index contributed by atoms with van der Waals surface area (Å²) < 4.78 is 12.4. The van der Waals surface area contributed by atoms with Crippen LogP contribution in [0.3, 0.4) is 0 Å². The minimum absolute atomic E-state index is 0.661. The topological polar surface area (TPSA) is 33.7 Å². The van der Waals surface area contributed by atoms with Crippen LogP contribution in [-0.4, -0.2) is 44.3 Å². The standard InChI is InChI=1S/C18H29BrN2O2/c1-4-9-23-18-14(10-15(19)11-17(18)22-3)12-20-13-16-7-6-8-21(16)5-2/h10-11,16,20H,4-9,12-13H2,1-3H3. The highest BCUT2D eigenvalue weighted by Crippen LogP contribution is 2.35. The Labute approximate surface area is 148 Å². The van der Waals surface area contributed by atoms with Gasteiger partial charge in [-0.3, -0.25) is 4.90 Å². The van der Waals surface area contributed by atoms with Gasteiger partial charge in [0.15, 0.2) is 11.5 Å². The molecule has 130 valence electrons. The van der Waals surface area contributed by atoms with Crippen molar-refractivity contribution in [3.05, 3.63) is 22.2 Å². The third-order valence-electron chi connectivity index (χ3n) is 4.37. The molecular weight excluding hydrogens is 356 g/mol. The maximum Gasteiger partial charge on any atom is 0.165 e. The number of benzene rings is 1. The van der Waals surface area contributed by atoms with E-state index in [-0.39, 0.29) is 0 Å². The minimum Gasteiger partial charge on any atom is -0.493 e. The van der Waals surface area contributed by atoms with E-state index < -0.39 is 0 Å². The Morgan fingerprint density at radius 1 is 1.35 bits per heavy atom. The molecule has 1 aromatic carbocycles. The Hall–Kier alpha value is -0.780. The Balaban J connectivity index is 2.01. The SMILES string of the molecule is CCCOc1c(CNCC2CCCN2CC)cc(Br)cc1OC. The normalized spacial score (nSPS) is 18.3. The lowest BCUT2D eigenvalue weighted by molar-refractivity contribution is 0.258. The molecule has 23 heavy (non-hydrogen) atoms. The van der Waals surface area contributed by atoms with Gasteiger partial charge in [0.05, 0.1) is 13.7 Å². The van der Waals surface area contributed by atoms with E-state index in [9.17, 15) is 0 Å². The maximum atomic E-state index is 5.93. The summed E-state index contributed by atoms with van der Waals surface area (Å²) in [5.41, 5.74) is 1.14. The molecule has 1 N–H and O–H groups in total. The maximum absolute atomic E-state index is 5.93. The molecule has 0 amide bonds. The number of likely N-dealkylation sites (tertiary alicyclic amines) is 1. The van der Waals surface area contributed by atoms with Gasteiger partial charge in [0.2, 0.25) is 0 Å². The van der Waals surface area contributed by atoms with Gasteiger partial charge in [-0.1, -0.05) is 29.8 Å². The second-order valence-corrected chi connectivity index (χ2v) is 6.92. The molecule has 0 spiro atoms. The number of methoxy groups -OCH3 is 1. The molecule has 0 radical (unpaired) electrons. The molecule has 2 rings (SSSR count). The van der Waals surface area contributed by atoms with Crippen molar-refractivity contribution in [1.29, 1.82) is 0 Å². The third kappa shape index (κ3) is 5.10. The van der Waals surface area contributed by atoms with E-state index >= 15 is 0 Å². The molecule has 0 aromatic heterocycles. The predicted molar refractivity (Wildman–Crippen MR) is 98.5 cm³/mol. The van der Waals surface area contributed by atoms with E-state index in [4.69, 9.17) is 9.47 Å². The fourth-order valence-corrected chi connectivity index (χ4v) is 3.67. The quantitative estimate of drug-likeness (QED) is 0.701. The van der Waals surface area contributed by atoms with E-state index in [1.807, 2.05) is 6.07 Å². The van der Waals surface area contributed by atoms with Crippen LogP contribution in [0, 0.1) is 0 Å². The van der Waals surface area contributed by atoms with Crippen LogP contribution >= 0.6 is 15.9 Å². The van der Waals surface area contributed by atoms with Crippen LogP contribution in [0.1, 0.15) is 38.7 Å². The zero-order valence-corrected chi connectivity index (χ0v) is 16.1. The highest BCUT2D eigenvalue weighted by atomic mass is 79.9. The number of halogens is 1. The highest BCUT2D eigenvalue weighted by Gasteiger charge is 2.22. The van der Waals surface area contributed by atoms with Crippen molar-refractivity contribution in [2.24, 2.45) is 0 Å². The van der Waals surface area contributed by atoms with Crippen LogP contribution in [0.2, 0.25) is 0 Å². The van der Waals surface area contributed by atoms with Gasteiger partial charge in [-0.15, -0.1) is 0 Å². The lowest BCUT2D eigenvalue weighted by Gasteiger charge is -2.23. The molecule has 1 aliphatic heterocycles. The molecule has 1 aliphatic rings. The monoisotopic (exact) mass is 384 g/mol. The first-order valence-corrected chi connectivity index (χ1v) is 9.42. The largest absolute Gasteiger partial charge is 0.493 e. The smallest absolute Gasteiger partial charge is 0.165 e. The third-order valence-corrected chi connectivity index (χ3v) is 4.83.